The first-order valence-electron chi connectivity index (χ1n) is 4.38. The van der Waals surface area contributed by atoms with Crippen LogP contribution >= 0.6 is 0 Å². The molecule has 0 atom stereocenters. The van der Waals surface area contributed by atoms with E-state index in [4.69, 9.17) is 10.5 Å². The van der Waals surface area contributed by atoms with Crippen LogP contribution in [0.1, 0.15) is 31.1 Å². The van der Waals surface area contributed by atoms with E-state index >= 15 is 0 Å². The molecule has 0 spiro atoms. The van der Waals surface area contributed by atoms with E-state index in [1.807, 2.05) is 20.8 Å². The molecule has 0 aliphatic heterocycles. The second-order valence-corrected chi connectivity index (χ2v) is 4.04. The number of hydrogen-bond acceptors (Lipinski definition) is 2. The second-order valence-electron chi connectivity index (χ2n) is 4.04. The van der Waals surface area contributed by atoms with Gasteiger partial charge < -0.3 is 10.5 Å². The first-order valence-corrected chi connectivity index (χ1v) is 4.38. The maximum Gasteiger partial charge on any atom is 0.248 e. The van der Waals surface area contributed by atoms with Crippen LogP contribution in [-0.4, -0.2) is 11.5 Å². The fraction of sp³-hybridized carbons (Fsp3) is 0.364. The van der Waals surface area contributed by atoms with Gasteiger partial charge in [0, 0.05) is 5.56 Å². The number of carbonyl (C=O) groups is 1. The van der Waals surface area contributed by atoms with Crippen LogP contribution in [0, 0.1) is 6.07 Å². The third kappa shape index (κ3) is 3.09. The van der Waals surface area contributed by atoms with Gasteiger partial charge in [-0.25, -0.2) is 0 Å². The van der Waals surface area contributed by atoms with Crippen molar-refractivity contribution in [3.8, 4) is 5.75 Å². The molecule has 0 fully saturated rings. The molecule has 3 nitrogen and oxygen atoms in total. The van der Waals surface area contributed by atoms with Gasteiger partial charge in [-0.15, -0.1) is 0 Å². The summed E-state index contributed by atoms with van der Waals surface area (Å²) in [4.78, 5) is 10.9. The van der Waals surface area contributed by atoms with Crippen LogP contribution < -0.4 is 10.5 Å². The van der Waals surface area contributed by atoms with E-state index in [1.165, 1.54) is 6.07 Å². The second kappa shape index (κ2) is 3.70. The number of amides is 1. The highest BCUT2D eigenvalue weighted by atomic mass is 16.5. The fourth-order valence-electron chi connectivity index (χ4n) is 1.00. The SMILES string of the molecule is CC(C)(C)Oc1c[c]cc(C(N)=O)c1. The number of carbonyl (C=O) groups excluding carboxylic acids is 1. The summed E-state index contributed by atoms with van der Waals surface area (Å²) in [5.41, 5.74) is 5.25. The van der Waals surface area contributed by atoms with E-state index in [9.17, 15) is 4.79 Å². The van der Waals surface area contributed by atoms with Crippen molar-refractivity contribution in [2.24, 2.45) is 5.73 Å². The highest BCUT2D eigenvalue weighted by Crippen LogP contribution is 2.18. The monoisotopic (exact) mass is 192 g/mol. The quantitative estimate of drug-likeness (QED) is 0.776. The molecule has 0 aliphatic carbocycles. The Kier molecular flexibility index (Phi) is 2.79. The van der Waals surface area contributed by atoms with Crippen molar-refractivity contribution >= 4 is 5.91 Å². The molecule has 75 valence electrons. The summed E-state index contributed by atoms with van der Waals surface area (Å²) in [5, 5.41) is 0. The third-order valence-electron chi connectivity index (χ3n) is 1.47. The Balaban J connectivity index is 2.89. The molecule has 1 aromatic carbocycles. The normalized spacial score (nSPS) is 11.1. The number of rotatable bonds is 2. The summed E-state index contributed by atoms with van der Waals surface area (Å²) < 4.78 is 5.55. The summed E-state index contributed by atoms with van der Waals surface area (Å²) >= 11 is 0. The Labute approximate surface area is 83.9 Å². The number of benzene rings is 1. The Morgan fingerprint density at radius 3 is 2.57 bits per heavy atom. The maximum absolute atomic E-state index is 10.9. The molecule has 0 bridgehead atoms. The molecule has 1 rings (SSSR count). The third-order valence-corrected chi connectivity index (χ3v) is 1.47. The van der Waals surface area contributed by atoms with E-state index in [-0.39, 0.29) is 5.60 Å². The van der Waals surface area contributed by atoms with Crippen LogP contribution in [0.3, 0.4) is 0 Å². The largest absolute Gasteiger partial charge is 0.488 e. The van der Waals surface area contributed by atoms with Gasteiger partial charge in [0.2, 0.25) is 5.91 Å². The number of nitrogens with two attached hydrogens (primary N) is 1. The first kappa shape index (κ1) is 10.6. The lowest BCUT2D eigenvalue weighted by Crippen LogP contribution is -2.23. The minimum Gasteiger partial charge on any atom is -0.488 e. The van der Waals surface area contributed by atoms with Crippen molar-refractivity contribution in [2.75, 3.05) is 0 Å². The van der Waals surface area contributed by atoms with Crippen LogP contribution in [0.15, 0.2) is 18.2 Å². The topological polar surface area (TPSA) is 52.3 Å². The Morgan fingerprint density at radius 1 is 1.43 bits per heavy atom. The van der Waals surface area contributed by atoms with E-state index in [2.05, 4.69) is 6.07 Å². The highest BCUT2D eigenvalue weighted by Gasteiger charge is 2.12. The van der Waals surface area contributed by atoms with E-state index in [0.717, 1.165) is 0 Å². The van der Waals surface area contributed by atoms with Crippen LogP contribution in [0.4, 0.5) is 0 Å². The molecule has 3 heteroatoms. The maximum atomic E-state index is 10.9. The van der Waals surface area contributed by atoms with Crippen LogP contribution in [0.25, 0.3) is 0 Å². The fourth-order valence-corrected chi connectivity index (χ4v) is 1.00. The van der Waals surface area contributed by atoms with Gasteiger partial charge >= 0.3 is 0 Å². The molecule has 14 heavy (non-hydrogen) atoms. The molecule has 1 amide bonds. The van der Waals surface area contributed by atoms with E-state index in [0.29, 0.717) is 11.3 Å². The molecule has 0 saturated carbocycles. The molecular weight excluding hydrogens is 178 g/mol. The number of primary amides is 1. The van der Waals surface area contributed by atoms with Crippen molar-refractivity contribution in [1.82, 2.24) is 0 Å². The van der Waals surface area contributed by atoms with Gasteiger partial charge in [-0.1, -0.05) is 0 Å². The van der Waals surface area contributed by atoms with Crippen LogP contribution in [0.5, 0.6) is 5.75 Å². The summed E-state index contributed by atoms with van der Waals surface area (Å²) in [6.45, 7) is 5.80. The molecule has 0 unspecified atom stereocenters. The Hall–Kier alpha value is -1.51. The van der Waals surface area contributed by atoms with Crippen molar-refractivity contribution in [1.29, 1.82) is 0 Å². The smallest absolute Gasteiger partial charge is 0.248 e. The average molecular weight is 192 g/mol. The van der Waals surface area contributed by atoms with Gasteiger partial charge in [-0.3, -0.25) is 4.79 Å². The Morgan fingerprint density at radius 2 is 2.07 bits per heavy atom. The molecule has 0 heterocycles. The lowest BCUT2D eigenvalue weighted by molar-refractivity contribution is 0.0996. The highest BCUT2D eigenvalue weighted by molar-refractivity contribution is 5.93. The van der Waals surface area contributed by atoms with Gasteiger partial charge in [0.25, 0.3) is 0 Å². The minimum absolute atomic E-state index is 0.288. The molecule has 0 aliphatic rings. The zero-order valence-corrected chi connectivity index (χ0v) is 8.63. The zero-order chi connectivity index (χ0) is 10.8. The van der Waals surface area contributed by atoms with Crippen molar-refractivity contribution in [2.45, 2.75) is 26.4 Å². The van der Waals surface area contributed by atoms with Crippen molar-refractivity contribution < 1.29 is 9.53 Å². The van der Waals surface area contributed by atoms with Crippen LogP contribution in [-0.2, 0) is 0 Å². The summed E-state index contributed by atoms with van der Waals surface area (Å²) in [6.07, 6.45) is 0. The molecule has 0 aromatic heterocycles. The lowest BCUT2D eigenvalue weighted by atomic mass is 10.1. The molecule has 1 aromatic rings. The van der Waals surface area contributed by atoms with Gasteiger partial charge in [-0.05, 0) is 45.0 Å². The standard InChI is InChI=1S/C11H14NO2/c1-11(2,3)14-9-6-4-5-8(7-9)10(12)13/h5-7H,1-3H3,(H2,12,13). The van der Waals surface area contributed by atoms with E-state index < -0.39 is 5.91 Å². The van der Waals surface area contributed by atoms with Gasteiger partial charge in [0.1, 0.15) is 11.4 Å². The van der Waals surface area contributed by atoms with E-state index in [1.54, 1.807) is 12.1 Å². The molecule has 2 N–H and O–H groups in total. The van der Waals surface area contributed by atoms with Crippen LogP contribution in [0.2, 0.25) is 0 Å². The number of ether oxygens (including phenoxy) is 1. The molecule has 1 radical (unpaired) electrons. The predicted octanol–water partition coefficient (Wildman–Crippen LogP) is 1.76. The van der Waals surface area contributed by atoms with Crippen molar-refractivity contribution in [3.63, 3.8) is 0 Å². The summed E-state index contributed by atoms with van der Waals surface area (Å²) in [6, 6.07) is 7.64. The molecular formula is C11H14NO2. The molecule has 0 saturated heterocycles. The minimum atomic E-state index is -0.472. The lowest BCUT2D eigenvalue weighted by Gasteiger charge is -2.21. The predicted molar refractivity (Wildman–Crippen MR) is 54.2 cm³/mol. The summed E-state index contributed by atoms with van der Waals surface area (Å²) in [5.74, 6) is 0.134. The Bertz CT molecular complexity index is 339. The van der Waals surface area contributed by atoms with Gasteiger partial charge in [0.05, 0.1) is 0 Å². The zero-order valence-electron chi connectivity index (χ0n) is 8.63. The first-order chi connectivity index (χ1) is 6.38. The van der Waals surface area contributed by atoms with Crippen molar-refractivity contribution in [3.05, 3.63) is 29.8 Å². The summed E-state index contributed by atoms with van der Waals surface area (Å²) in [7, 11) is 0. The van der Waals surface area contributed by atoms with Gasteiger partial charge in [0.15, 0.2) is 0 Å². The average Bonchev–Trinajstić information content (AvgIpc) is 2.01. The van der Waals surface area contributed by atoms with Gasteiger partial charge in [-0.2, -0.15) is 0 Å². The number of hydrogen-bond donors (Lipinski definition) is 1.